The predicted molar refractivity (Wildman–Crippen MR) is 123 cm³/mol. The van der Waals surface area contributed by atoms with Gasteiger partial charge in [-0.3, -0.25) is 14.4 Å². The van der Waals surface area contributed by atoms with Gasteiger partial charge in [0.1, 0.15) is 11.5 Å². The zero-order chi connectivity index (χ0) is 23.6. The van der Waals surface area contributed by atoms with E-state index in [2.05, 4.69) is 21.2 Å². The molecule has 0 fully saturated rings. The molecule has 0 aliphatic heterocycles. The number of carbonyl (C=O) groups excluding carboxylic acids is 3. The molecule has 33 heavy (non-hydrogen) atoms. The Morgan fingerprint density at radius 1 is 1.09 bits per heavy atom. The number of rotatable bonds is 8. The van der Waals surface area contributed by atoms with Gasteiger partial charge in [0.25, 0.3) is 5.91 Å². The van der Waals surface area contributed by atoms with E-state index in [1.165, 1.54) is 12.5 Å². The highest BCUT2D eigenvalue weighted by Gasteiger charge is 2.12. The Labute approximate surface area is 194 Å². The zero-order valence-electron chi connectivity index (χ0n) is 17.6. The van der Waals surface area contributed by atoms with Crippen LogP contribution in [0.3, 0.4) is 0 Å². The van der Waals surface area contributed by atoms with Crippen molar-refractivity contribution in [2.75, 3.05) is 11.9 Å². The van der Waals surface area contributed by atoms with Gasteiger partial charge in [0.2, 0.25) is 0 Å². The largest absolute Gasteiger partial charge is 0.484 e. The molecule has 0 saturated carbocycles. The average molecular weight is 469 g/mol. The lowest BCUT2D eigenvalue weighted by molar-refractivity contribution is -0.139. The van der Waals surface area contributed by atoms with Crippen molar-refractivity contribution in [1.29, 1.82) is 0 Å². The van der Waals surface area contributed by atoms with Crippen LogP contribution in [-0.2, 0) is 20.9 Å². The summed E-state index contributed by atoms with van der Waals surface area (Å²) in [6, 6.07) is 15.3. The van der Waals surface area contributed by atoms with E-state index in [9.17, 15) is 14.4 Å². The molecule has 10 heteroatoms. The molecule has 0 bridgehead atoms. The van der Waals surface area contributed by atoms with E-state index in [0.29, 0.717) is 27.8 Å². The number of hydrogen-bond donors (Lipinski definition) is 3. The van der Waals surface area contributed by atoms with Crippen molar-refractivity contribution in [1.82, 2.24) is 10.7 Å². The first-order chi connectivity index (χ1) is 15.9. The first-order valence-electron chi connectivity index (χ1n) is 9.83. The number of hydrogen-bond acceptors (Lipinski definition) is 6. The summed E-state index contributed by atoms with van der Waals surface area (Å²) in [6.07, 6.45) is 2.84. The van der Waals surface area contributed by atoms with E-state index in [1.807, 2.05) is 13.0 Å². The Morgan fingerprint density at radius 3 is 2.58 bits per heavy atom. The number of nitrogens with zero attached hydrogens (tertiary/aromatic N) is 1. The van der Waals surface area contributed by atoms with Crippen LogP contribution in [0, 0.1) is 6.92 Å². The fourth-order valence-corrected chi connectivity index (χ4v) is 2.72. The molecule has 3 rings (SSSR count). The van der Waals surface area contributed by atoms with Crippen LogP contribution in [0.4, 0.5) is 5.69 Å². The Kier molecular flexibility index (Phi) is 8.20. The highest BCUT2D eigenvalue weighted by molar-refractivity contribution is 6.35. The third kappa shape index (κ3) is 7.51. The third-order valence-electron chi connectivity index (χ3n) is 4.29. The first-order valence-corrected chi connectivity index (χ1v) is 10.2. The maximum absolute atomic E-state index is 12.0. The molecule has 2 aromatic carbocycles. The van der Waals surface area contributed by atoms with Crippen molar-refractivity contribution in [3.8, 4) is 5.75 Å². The monoisotopic (exact) mass is 468 g/mol. The van der Waals surface area contributed by atoms with Gasteiger partial charge in [0.05, 0.1) is 19.0 Å². The molecule has 3 aromatic rings. The second kappa shape index (κ2) is 11.5. The molecule has 170 valence electrons. The minimum absolute atomic E-state index is 0.0984. The molecule has 3 amide bonds. The van der Waals surface area contributed by atoms with Crippen LogP contribution in [0.15, 0.2) is 70.4 Å². The van der Waals surface area contributed by atoms with Gasteiger partial charge in [0, 0.05) is 10.7 Å². The minimum atomic E-state index is -0.904. The maximum Gasteiger partial charge on any atom is 0.329 e. The fourth-order valence-electron chi connectivity index (χ4n) is 2.54. The number of nitrogens with one attached hydrogen (secondary N) is 3. The standard InChI is InChI=1S/C23H21ClN4O5/c1-15-4-7-17(11-20(15)24)27-21(29)14-33-18-8-5-16(6-9-18)12-26-28-23(31)22(30)25-13-19-3-2-10-32-19/h2-12H,13-14H2,1H3,(H,25,30)(H,27,29)(H,28,31)/b26-12-. The van der Waals surface area contributed by atoms with Crippen molar-refractivity contribution in [2.45, 2.75) is 13.5 Å². The first kappa shape index (κ1) is 23.6. The molecule has 1 heterocycles. The van der Waals surface area contributed by atoms with Crippen LogP contribution in [0.2, 0.25) is 5.02 Å². The fraction of sp³-hybridized carbons (Fsp3) is 0.130. The Morgan fingerprint density at radius 2 is 1.88 bits per heavy atom. The molecule has 0 atom stereocenters. The zero-order valence-corrected chi connectivity index (χ0v) is 18.4. The second-order valence-corrected chi connectivity index (χ2v) is 7.24. The lowest BCUT2D eigenvalue weighted by atomic mass is 10.2. The van der Waals surface area contributed by atoms with Crippen LogP contribution < -0.4 is 20.8 Å². The van der Waals surface area contributed by atoms with Gasteiger partial charge in [0.15, 0.2) is 6.61 Å². The summed E-state index contributed by atoms with van der Waals surface area (Å²) in [7, 11) is 0. The van der Waals surface area contributed by atoms with Crippen LogP contribution in [0.25, 0.3) is 0 Å². The maximum atomic E-state index is 12.0. The Hall–Kier alpha value is -4.11. The Bertz CT molecular complexity index is 1140. The summed E-state index contributed by atoms with van der Waals surface area (Å²) in [4.78, 5) is 35.5. The van der Waals surface area contributed by atoms with E-state index in [0.717, 1.165) is 5.56 Å². The summed E-state index contributed by atoms with van der Waals surface area (Å²) in [5.74, 6) is -1.06. The summed E-state index contributed by atoms with van der Waals surface area (Å²) >= 11 is 6.05. The second-order valence-electron chi connectivity index (χ2n) is 6.83. The molecule has 0 saturated heterocycles. The van der Waals surface area contributed by atoms with Gasteiger partial charge in [-0.25, -0.2) is 5.43 Å². The number of benzene rings is 2. The number of carbonyl (C=O) groups is 3. The summed E-state index contributed by atoms with van der Waals surface area (Å²) in [5, 5.41) is 9.43. The van der Waals surface area contributed by atoms with E-state index in [1.54, 1.807) is 48.5 Å². The van der Waals surface area contributed by atoms with Gasteiger partial charge in [-0.2, -0.15) is 5.10 Å². The van der Waals surface area contributed by atoms with Crippen LogP contribution in [0.1, 0.15) is 16.9 Å². The topological polar surface area (TPSA) is 122 Å². The van der Waals surface area contributed by atoms with Gasteiger partial charge in [-0.05, 0) is 66.6 Å². The van der Waals surface area contributed by atoms with Gasteiger partial charge in [-0.15, -0.1) is 0 Å². The van der Waals surface area contributed by atoms with Gasteiger partial charge < -0.3 is 19.8 Å². The highest BCUT2D eigenvalue weighted by Crippen LogP contribution is 2.20. The van der Waals surface area contributed by atoms with E-state index >= 15 is 0 Å². The van der Waals surface area contributed by atoms with E-state index < -0.39 is 11.8 Å². The molecule has 0 aliphatic rings. The molecule has 0 spiro atoms. The van der Waals surface area contributed by atoms with Crippen molar-refractivity contribution in [3.63, 3.8) is 0 Å². The van der Waals surface area contributed by atoms with Crippen molar-refractivity contribution >= 4 is 41.2 Å². The summed E-state index contributed by atoms with van der Waals surface area (Å²) in [6.45, 7) is 1.80. The molecule has 3 N–H and O–H groups in total. The Balaban J connectivity index is 1.40. The normalized spacial score (nSPS) is 10.6. The molecule has 0 aliphatic carbocycles. The van der Waals surface area contributed by atoms with Crippen molar-refractivity contribution < 1.29 is 23.5 Å². The molecular weight excluding hydrogens is 448 g/mol. The molecule has 0 radical (unpaired) electrons. The molecule has 9 nitrogen and oxygen atoms in total. The lowest BCUT2D eigenvalue weighted by Gasteiger charge is -2.08. The SMILES string of the molecule is Cc1ccc(NC(=O)COc2ccc(/C=N\NC(=O)C(=O)NCc3ccco3)cc2)cc1Cl. The molecule has 0 unspecified atom stereocenters. The number of ether oxygens (including phenoxy) is 1. The molecular formula is C23H21ClN4O5. The van der Waals surface area contributed by atoms with Gasteiger partial charge in [-0.1, -0.05) is 17.7 Å². The average Bonchev–Trinajstić information content (AvgIpc) is 3.33. The number of amides is 3. The highest BCUT2D eigenvalue weighted by atomic mass is 35.5. The number of anilines is 1. The lowest BCUT2D eigenvalue weighted by Crippen LogP contribution is -2.37. The number of hydrazone groups is 1. The summed E-state index contributed by atoms with van der Waals surface area (Å²) < 4.78 is 10.5. The smallest absolute Gasteiger partial charge is 0.329 e. The third-order valence-corrected chi connectivity index (χ3v) is 4.70. The van der Waals surface area contributed by atoms with Crippen molar-refractivity contribution in [2.24, 2.45) is 5.10 Å². The summed E-state index contributed by atoms with van der Waals surface area (Å²) in [5.41, 5.74) is 4.30. The predicted octanol–water partition coefficient (Wildman–Crippen LogP) is 3.03. The number of halogens is 1. The van der Waals surface area contributed by atoms with Crippen LogP contribution >= 0.6 is 11.6 Å². The van der Waals surface area contributed by atoms with Gasteiger partial charge >= 0.3 is 11.8 Å². The van der Waals surface area contributed by atoms with E-state index in [-0.39, 0.29) is 19.1 Å². The molecule has 1 aromatic heterocycles. The minimum Gasteiger partial charge on any atom is -0.484 e. The number of furan rings is 1. The van der Waals surface area contributed by atoms with Crippen molar-refractivity contribution in [3.05, 3.63) is 82.8 Å². The van der Waals surface area contributed by atoms with E-state index in [4.69, 9.17) is 20.8 Å². The van der Waals surface area contributed by atoms with Crippen LogP contribution in [0.5, 0.6) is 5.75 Å². The quantitative estimate of drug-likeness (QED) is 0.266. The van der Waals surface area contributed by atoms with Crippen LogP contribution in [-0.4, -0.2) is 30.5 Å². The number of aryl methyl sites for hydroxylation is 1.